The second-order valence-corrected chi connectivity index (χ2v) is 6.74. The fraction of sp³-hybridized carbons (Fsp3) is 0.0556. The second kappa shape index (κ2) is 7.56. The van der Waals surface area contributed by atoms with Crippen LogP contribution in [0.2, 0.25) is 0 Å². The molecular weight excluding hydrogens is 447 g/mol. The van der Waals surface area contributed by atoms with E-state index in [2.05, 4.69) is 38.1 Å². The van der Waals surface area contributed by atoms with Gasteiger partial charge in [-0.1, -0.05) is 18.2 Å². The Balaban J connectivity index is 2.00. The maximum absolute atomic E-state index is 12.2. The first kappa shape index (κ1) is 17.9. The first-order valence-electron chi connectivity index (χ1n) is 7.66. The molecule has 26 heavy (non-hydrogen) atoms. The fourth-order valence-corrected chi connectivity index (χ4v) is 2.75. The molecule has 0 unspecified atom stereocenters. The summed E-state index contributed by atoms with van der Waals surface area (Å²) >= 11 is 2.19. The summed E-state index contributed by atoms with van der Waals surface area (Å²) in [5.74, 6) is -0.471. The molecule has 7 nitrogen and oxygen atoms in total. The normalized spacial score (nSPS) is 11.0. The minimum Gasteiger partial charge on any atom is -0.493 e. The number of aromatic hydroxyl groups is 1. The molecule has 8 heteroatoms. The van der Waals surface area contributed by atoms with Crippen molar-refractivity contribution in [3.05, 3.63) is 84.1 Å². The van der Waals surface area contributed by atoms with E-state index in [9.17, 15) is 14.7 Å². The van der Waals surface area contributed by atoms with Crippen molar-refractivity contribution >= 4 is 34.5 Å². The van der Waals surface area contributed by atoms with E-state index in [1.165, 1.54) is 6.21 Å². The van der Waals surface area contributed by atoms with Crippen LogP contribution in [0.3, 0.4) is 0 Å². The number of nitrogens with one attached hydrogen (secondary N) is 2. The molecule has 132 valence electrons. The number of H-pyrrole nitrogens is 1. The zero-order chi connectivity index (χ0) is 18.7. The van der Waals surface area contributed by atoms with E-state index in [1.54, 1.807) is 25.1 Å². The average molecular weight is 462 g/mol. The van der Waals surface area contributed by atoms with Crippen LogP contribution < -0.4 is 16.7 Å². The van der Waals surface area contributed by atoms with Crippen LogP contribution in [0.4, 0.5) is 5.69 Å². The number of rotatable bonds is 4. The molecule has 0 bridgehead atoms. The van der Waals surface area contributed by atoms with Gasteiger partial charge in [-0.15, -0.1) is 0 Å². The summed E-state index contributed by atoms with van der Waals surface area (Å²) in [6.45, 7) is 1.80. The van der Waals surface area contributed by atoms with Crippen LogP contribution in [-0.4, -0.2) is 20.9 Å². The average Bonchev–Trinajstić information content (AvgIpc) is 2.61. The van der Waals surface area contributed by atoms with Gasteiger partial charge in [0.1, 0.15) is 5.56 Å². The van der Waals surface area contributed by atoms with Gasteiger partial charge in [0.05, 0.1) is 17.6 Å². The topological polar surface area (TPSA) is 99.5 Å². The summed E-state index contributed by atoms with van der Waals surface area (Å²) in [6, 6.07) is 14.5. The van der Waals surface area contributed by atoms with Gasteiger partial charge < -0.3 is 5.11 Å². The predicted molar refractivity (Wildman–Crippen MR) is 109 cm³/mol. The van der Waals surface area contributed by atoms with E-state index in [0.29, 0.717) is 5.69 Å². The van der Waals surface area contributed by atoms with Gasteiger partial charge in [-0.3, -0.25) is 15.2 Å². The number of benzene rings is 2. The van der Waals surface area contributed by atoms with E-state index in [4.69, 9.17) is 0 Å². The monoisotopic (exact) mass is 462 g/mol. The minimum atomic E-state index is -0.718. The molecule has 0 aliphatic carbocycles. The number of anilines is 1. The Labute approximate surface area is 162 Å². The third-order valence-corrected chi connectivity index (χ3v) is 4.43. The zero-order valence-corrected chi connectivity index (χ0v) is 15.9. The summed E-state index contributed by atoms with van der Waals surface area (Å²) in [5.41, 5.74) is 3.20. The molecule has 0 fully saturated rings. The molecule has 0 saturated carbocycles. The van der Waals surface area contributed by atoms with Gasteiger partial charge in [0, 0.05) is 3.57 Å². The molecule has 3 N–H and O–H groups in total. The van der Waals surface area contributed by atoms with Crippen LogP contribution in [0.1, 0.15) is 11.1 Å². The summed E-state index contributed by atoms with van der Waals surface area (Å²) in [6.07, 6.45) is 1.18. The van der Waals surface area contributed by atoms with Gasteiger partial charge >= 0.3 is 5.69 Å². The Morgan fingerprint density at radius 3 is 2.54 bits per heavy atom. The Morgan fingerprint density at radius 2 is 1.85 bits per heavy atom. The van der Waals surface area contributed by atoms with Crippen molar-refractivity contribution in [1.29, 1.82) is 0 Å². The molecule has 0 aliphatic heterocycles. The number of aryl methyl sites for hydroxylation is 1. The maximum Gasteiger partial charge on any atom is 0.335 e. The van der Waals surface area contributed by atoms with Gasteiger partial charge in [0.2, 0.25) is 5.88 Å². The van der Waals surface area contributed by atoms with Crippen LogP contribution in [0.15, 0.2) is 63.2 Å². The number of aromatic nitrogens is 2. The lowest BCUT2D eigenvalue weighted by Gasteiger charge is -2.11. The first-order chi connectivity index (χ1) is 12.5. The third kappa shape index (κ3) is 3.69. The molecule has 1 aromatic heterocycles. The number of halogens is 1. The predicted octanol–water partition coefficient (Wildman–Crippen LogP) is 2.59. The van der Waals surface area contributed by atoms with Crippen LogP contribution in [0.25, 0.3) is 5.69 Å². The molecule has 0 amide bonds. The standard InChI is InChI=1S/C18H15IN4O3/c1-11-4-2-3-5-15(11)23-17(25)14(16(24)21-18(23)26)10-20-22-13-8-6-12(19)7-9-13/h2-10,22,25H,1H3,(H,21,24,26). The molecule has 3 rings (SSSR count). The van der Waals surface area contributed by atoms with Crippen molar-refractivity contribution < 1.29 is 5.11 Å². The van der Waals surface area contributed by atoms with Gasteiger partial charge in [0.15, 0.2) is 0 Å². The molecule has 0 atom stereocenters. The maximum atomic E-state index is 12.2. The number of hydrogen-bond donors (Lipinski definition) is 3. The summed E-state index contributed by atoms with van der Waals surface area (Å²) in [7, 11) is 0. The van der Waals surface area contributed by atoms with Crippen molar-refractivity contribution in [2.75, 3.05) is 5.43 Å². The lowest BCUT2D eigenvalue weighted by molar-refractivity contribution is 0.430. The number of aromatic amines is 1. The van der Waals surface area contributed by atoms with E-state index in [1.807, 2.05) is 30.3 Å². The summed E-state index contributed by atoms with van der Waals surface area (Å²) in [5, 5.41) is 14.5. The van der Waals surface area contributed by atoms with Crippen LogP contribution in [0.5, 0.6) is 5.88 Å². The van der Waals surface area contributed by atoms with Crippen molar-refractivity contribution in [2.45, 2.75) is 6.92 Å². The number of nitrogens with zero attached hydrogens (tertiary/aromatic N) is 2. The Bertz CT molecular complexity index is 1080. The van der Waals surface area contributed by atoms with Crippen molar-refractivity contribution in [3.63, 3.8) is 0 Å². The SMILES string of the molecule is Cc1ccccc1-n1c(O)c(C=NNc2ccc(I)cc2)c(=O)[nH]c1=O. The van der Waals surface area contributed by atoms with E-state index < -0.39 is 17.1 Å². The Morgan fingerprint density at radius 1 is 1.15 bits per heavy atom. The summed E-state index contributed by atoms with van der Waals surface area (Å²) < 4.78 is 2.12. The molecule has 0 radical (unpaired) electrons. The third-order valence-electron chi connectivity index (χ3n) is 3.71. The van der Waals surface area contributed by atoms with E-state index in [-0.39, 0.29) is 5.56 Å². The highest BCUT2D eigenvalue weighted by molar-refractivity contribution is 14.1. The highest BCUT2D eigenvalue weighted by Crippen LogP contribution is 2.18. The van der Waals surface area contributed by atoms with Crippen LogP contribution >= 0.6 is 22.6 Å². The van der Waals surface area contributed by atoms with Crippen molar-refractivity contribution in [3.8, 4) is 11.6 Å². The van der Waals surface area contributed by atoms with Gasteiger partial charge in [-0.2, -0.15) is 5.10 Å². The molecule has 0 spiro atoms. The van der Waals surface area contributed by atoms with E-state index in [0.717, 1.165) is 19.4 Å². The van der Waals surface area contributed by atoms with Gasteiger partial charge in [-0.05, 0) is 65.4 Å². The smallest absolute Gasteiger partial charge is 0.335 e. The fourth-order valence-electron chi connectivity index (χ4n) is 2.39. The quantitative estimate of drug-likeness (QED) is 0.315. The Kier molecular flexibility index (Phi) is 5.21. The summed E-state index contributed by atoms with van der Waals surface area (Å²) in [4.78, 5) is 26.4. The van der Waals surface area contributed by atoms with Crippen LogP contribution in [0, 0.1) is 10.5 Å². The minimum absolute atomic E-state index is 0.120. The van der Waals surface area contributed by atoms with Crippen molar-refractivity contribution in [2.24, 2.45) is 5.10 Å². The lowest BCUT2D eigenvalue weighted by atomic mass is 10.2. The first-order valence-corrected chi connectivity index (χ1v) is 8.74. The number of hydrazone groups is 1. The van der Waals surface area contributed by atoms with Gasteiger partial charge in [-0.25, -0.2) is 9.36 Å². The largest absolute Gasteiger partial charge is 0.493 e. The molecule has 1 heterocycles. The van der Waals surface area contributed by atoms with Crippen molar-refractivity contribution in [1.82, 2.24) is 9.55 Å². The molecule has 0 saturated heterocycles. The molecule has 0 aliphatic rings. The second-order valence-electron chi connectivity index (χ2n) is 5.50. The number of para-hydroxylation sites is 1. The van der Waals surface area contributed by atoms with E-state index >= 15 is 0 Å². The highest BCUT2D eigenvalue weighted by atomic mass is 127. The zero-order valence-electron chi connectivity index (χ0n) is 13.7. The highest BCUT2D eigenvalue weighted by Gasteiger charge is 2.15. The van der Waals surface area contributed by atoms with Crippen LogP contribution in [-0.2, 0) is 0 Å². The number of hydrogen-bond acceptors (Lipinski definition) is 5. The Hall–Kier alpha value is -2.88. The van der Waals surface area contributed by atoms with Gasteiger partial charge in [0.25, 0.3) is 5.56 Å². The molecule has 2 aromatic carbocycles. The lowest BCUT2D eigenvalue weighted by Crippen LogP contribution is -2.31. The molecular formula is C18H15IN4O3. The molecule has 3 aromatic rings.